The van der Waals surface area contributed by atoms with E-state index in [0.717, 1.165) is 28.0 Å². The van der Waals surface area contributed by atoms with Crippen molar-refractivity contribution in [3.05, 3.63) is 95.3 Å². The molecule has 2 aromatic carbocycles. The monoisotopic (exact) mass is 406 g/mol. The third kappa shape index (κ3) is 6.51. The Morgan fingerprint density at radius 3 is 2.47 bits per heavy atom. The molecule has 0 saturated heterocycles. The highest BCUT2D eigenvalue weighted by molar-refractivity contribution is 5.68. The Morgan fingerprint density at radius 1 is 1.03 bits per heavy atom. The number of nitrogens with zero attached hydrogens (tertiary/aromatic N) is 1. The van der Waals surface area contributed by atoms with Crippen LogP contribution < -0.4 is 14.8 Å². The normalized spacial score (nSPS) is 11.6. The Labute approximate surface area is 176 Å². The molecule has 6 nitrogen and oxygen atoms in total. The van der Waals surface area contributed by atoms with Gasteiger partial charge < -0.3 is 15.1 Å². The molecule has 2 N–H and O–H groups in total. The van der Waals surface area contributed by atoms with Gasteiger partial charge in [-0.3, -0.25) is 10.1 Å². The number of aromatic nitrogens is 1. The van der Waals surface area contributed by atoms with Gasteiger partial charge in [-0.25, -0.2) is 4.73 Å². The van der Waals surface area contributed by atoms with Crippen LogP contribution in [0.1, 0.15) is 29.9 Å². The van der Waals surface area contributed by atoms with Crippen LogP contribution in [0, 0.1) is 5.21 Å². The standard InChI is InChI=1S/C24H26N2O4/c27-24(28)18-21(20-7-2-1-3-8-20)17-19-10-12-22(13-11-19)30-16-6-14-25-23-9-4-5-15-26(23)29/h1-5,7-13,15,21,25H,6,14,16-18H2,(H,27,28). The molecule has 6 heteroatoms. The number of rotatable bonds is 11. The first-order valence-electron chi connectivity index (χ1n) is 10.0. The minimum Gasteiger partial charge on any atom is -0.711 e. The van der Waals surface area contributed by atoms with Crippen molar-refractivity contribution in [3.63, 3.8) is 0 Å². The number of hydrogen-bond acceptors (Lipinski definition) is 4. The molecule has 0 saturated carbocycles. The van der Waals surface area contributed by atoms with Crippen molar-refractivity contribution in [2.45, 2.75) is 25.2 Å². The molecule has 0 aliphatic heterocycles. The zero-order chi connectivity index (χ0) is 21.2. The highest BCUT2D eigenvalue weighted by atomic mass is 16.5. The maximum Gasteiger partial charge on any atom is 0.303 e. The quantitative estimate of drug-likeness (QED) is 0.286. The molecule has 1 aromatic heterocycles. The van der Waals surface area contributed by atoms with Crippen LogP contribution in [0.3, 0.4) is 0 Å². The van der Waals surface area contributed by atoms with E-state index in [1.165, 1.54) is 6.20 Å². The van der Waals surface area contributed by atoms with Crippen molar-refractivity contribution >= 4 is 11.8 Å². The maximum atomic E-state index is 11.6. The molecule has 3 rings (SSSR count). The van der Waals surface area contributed by atoms with E-state index in [9.17, 15) is 15.1 Å². The molecule has 0 fully saturated rings. The highest BCUT2D eigenvalue weighted by Gasteiger charge is 2.16. The summed E-state index contributed by atoms with van der Waals surface area (Å²) >= 11 is 0. The second-order valence-corrected chi connectivity index (χ2v) is 7.09. The van der Waals surface area contributed by atoms with Gasteiger partial charge >= 0.3 is 5.97 Å². The van der Waals surface area contributed by atoms with Crippen molar-refractivity contribution in [2.24, 2.45) is 0 Å². The Hall–Kier alpha value is -3.54. The topological polar surface area (TPSA) is 85.5 Å². The lowest BCUT2D eigenvalue weighted by molar-refractivity contribution is -0.590. The summed E-state index contributed by atoms with van der Waals surface area (Å²) in [4.78, 5) is 11.3. The Morgan fingerprint density at radius 2 is 1.77 bits per heavy atom. The van der Waals surface area contributed by atoms with Gasteiger partial charge in [-0.2, -0.15) is 0 Å². The number of hydrogen-bond donors (Lipinski definition) is 2. The average molecular weight is 406 g/mol. The summed E-state index contributed by atoms with van der Waals surface area (Å²) in [5.41, 5.74) is 2.11. The number of ether oxygens (including phenoxy) is 1. The van der Waals surface area contributed by atoms with Crippen molar-refractivity contribution in [2.75, 3.05) is 18.5 Å². The van der Waals surface area contributed by atoms with Crippen molar-refractivity contribution in [1.82, 2.24) is 0 Å². The molecule has 156 valence electrons. The summed E-state index contributed by atoms with van der Waals surface area (Å²) in [6, 6.07) is 22.8. The van der Waals surface area contributed by atoms with Crippen LogP contribution in [0.4, 0.5) is 5.82 Å². The molecule has 0 spiro atoms. The van der Waals surface area contributed by atoms with Gasteiger partial charge in [0, 0.05) is 12.5 Å². The first-order valence-corrected chi connectivity index (χ1v) is 10.0. The molecule has 1 heterocycles. The van der Waals surface area contributed by atoms with Crippen LogP contribution in [0.2, 0.25) is 0 Å². The molecule has 1 unspecified atom stereocenters. The van der Waals surface area contributed by atoms with Crippen LogP contribution >= 0.6 is 0 Å². The molecule has 0 amide bonds. The van der Waals surface area contributed by atoms with Crippen LogP contribution in [-0.2, 0) is 11.2 Å². The van der Waals surface area contributed by atoms with Crippen LogP contribution in [0.25, 0.3) is 0 Å². The lowest BCUT2D eigenvalue weighted by Gasteiger charge is -2.16. The fourth-order valence-corrected chi connectivity index (χ4v) is 3.29. The zero-order valence-corrected chi connectivity index (χ0v) is 16.7. The zero-order valence-electron chi connectivity index (χ0n) is 16.7. The van der Waals surface area contributed by atoms with E-state index in [1.54, 1.807) is 12.1 Å². The number of benzene rings is 2. The molecule has 0 aliphatic carbocycles. The number of anilines is 1. The van der Waals surface area contributed by atoms with Crippen LogP contribution in [0.15, 0.2) is 79.0 Å². The van der Waals surface area contributed by atoms with E-state index < -0.39 is 5.97 Å². The minimum absolute atomic E-state index is 0.0664. The average Bonchev–Trinajstić information content (AvgIpc) is 2.76. The van der Waals surface area contributed by atoms with E-state index in [0.29, 0.717) is 25.4 Å². The first-order chi connectivity index (χ1) is 14.6. The SMILES string of the molecule is O=C(O)CC(Cc1ccc(OCCCNc2cccc[n+]2[O-])cc1)c1ccccc1. The fraction of sp³-hybridized carbons (Fsp3) is 0.250. The number of pyridine rings is 1. The molecule has 3 aromatic rings. The fourth-order valence-electron chi connectivity index (χ4n) is 3.29. The van der Waals surface area contributed by atoms with Crippen molar-refractivity contribution in [3.8, 4) is 5.75 Å². The molecule has 1 atom stereocenters. The number of aliphatic carboxylic acids is 1. The van der Waals surface area contributed by atoms with Gasteiger partial charge in [0.1, 0.15) is 5.75 Å². The third-order valence-corrected chi connectivity index (χ3v) is 4.82. The van der Waals surface area contributed by atoms with Gasteiger partial charge in [-0.1, -0.05) is 48.5 Å². The van der Waals surface area contributed by atoms with Crippen LogP contribution in [-0.4, -0.2) is 24.2 Å². The Balaban J connectivity index is 1.47. The number of nitrogens with one attached hydrogen (secondary N) is 1. The smallest absolute Gasteiger partial charge is 0.303 e. The summed E-state index contributed by atoms with van der Waals surface area (Å²) in [5.74, 6) is 0.432. The number of carboxylic acids is 1. The van der Waals surface area contributed by atoms with E-state index in [2.05, 4.69) is 5.32 Å². The summed E-state index contributed by atoms with van der Waals surface area (Å²) in [6.07, 6.45) is 2.97. The Kier molecular flexibility index (Phi) is 7.66. The van der Waals surface area contributed by atoms with E-state index >= 15 is 0 Å². The van der Waals surface area contributed by atoms with E-state index in [4.69, 9.17) is 4.74 Å². The highest BCUT2D eigenvalue weighted by Crippen LogP contribution is 2.25. The van der Waals surface area contributed by atoms with Gasteiger partial charge in [0.2, 0.25) is 0 Å². The van der Waals surface area contributed by atoms with Gasteiger partial charge in [-0.05, 0) is 41.7 Å². The molecule has 0 aliphatic rings. The number of carboxylic acid groups (broad SMARTS) is 1. The summed E-state index contributed by atoms with van der Waals surface area (Å²) in [7, 11) is 0. The van der Waals surface area contributed by atoms with Gasteiger partial charge in [0.15, 0.2) is 0 Å². The molecule has 0 bridgehead atoms. The number of carbonyl (C=O) groups is 1. The predicted octanol–water partition coefficient (Wildman–Crippen LogP) is 4.00. The largest absolute Gasteiger partial charge is 0.711 e. The molecular weight excluding hydrogens is 380 g/mol. The van der Waals surface area contributed by atoms with E-state index in [-0.39, 0.29) is 12.3 Å². The van der Waals surface area contributed by atoms with E-state index in [1.807, 2.05) is 60.7 Å². The minimum atomic E-state index is -0.796. The second-order valence-electron chi connectivity index (χ2n) is 7.09. The summed E-state index contributed by atoms with van der Waals surface area (Å²) in [5, 5.41) is 23.9. The molecule has 0 radical (unpaired) electrons. The lowest BCUT2D eigenvalue weighted by atomic mass is 9.89. The van der Waals surface area contributed by atoms with Gasteiger partial charge in [0.05, 0.1) is 25.8 Å². The summed E-state index contributed by atoms with van der Waals surface area (Å²) < 4.78 is 6.56. The lowest BCUT2D eigenvalue weighted by Crippen LogP contribution is -2.30. The maximum absolute atomic E-state index is 11.6. The van der Waals surface area contributed by atoms with Crippen LogP contribution in [0.5, 0.6) is 5.75 Å². The van der Waals surface area contributed by atoms with Crippen molar-refractivity contribution < 1.29 is 19.4 Å². The van der Waals surface area contributed by atoms with Gasteiger partial charge in [0.25, 0.3) is 5.82 Å². The van der Waals surface area contributed by atoms with Gasteiger partial charge in [-0.15, -0.1) is 0 Å². The molecule has 30 heavy (non-hydrogen) atoms. The molecular formula is C24H26N2O4. The third-order valence-electron chi connectivity index (χ3n) is 4.82. The summed E-state index contributed by atoms with van der Waals surface area (Å²) in [6.45, 7) is 1.17. The predicted molar refractivity (Wildman–Crippen MR) is 116 cm³/mol. The Bertz CT molecular complexity index is 929. The second kappa shape index (κ2) is 10.9. The van der Waals surface area contributed by atoms with Crippen molar-refractivity contribution in [1.29, 1.82) is 0 Å². The first kappa shape index (κ1) is 21.2.